The Hall–Kier alpha value is -0.910. The highest BCUT2D eigenvalue weighted by Gasteiger charge is 2.17. The molecule has 4 nitrogen and oxygen atoms in total. The van der Waals surface area contributed by atoms with Gasteiger partial charge in [0.05, 0.1) is 4.90 Å². The largest absolute Gasteiger partial charge is 0.302 e. The molecule has 1 atom stereocenters. The highest BCUT2D eigenvalue weighted by Crippen LogP contribution is 2.15. The van der Waals surface area contributed by atoms with Gasteiger partial charge in [-0.15, -0.1) is 0 Å². The van der Waals surface area contributed by atoms with Crippen molar-refractivity contribution in [2.45, 2.75) is 38.0 Å². The first-order valence-corrected chi connectivity index (χ1v) is 9.30. The summed E-state index contributed by atoms with van der Waals surface area (Å²) in [6, 6.07) is 7.12. The number of nitrogens with one attached hydrogen (secondary N) is 1. The van der Waals surface area contributed by atoms with Crippen molar-refractivity contribution < 1.29 is 8.42 Å². The van der Waals surface area contributed by atoms with Crippen LogP contribution in [0.2, 0.25) is 0 Å². The summed E-state index contributed by atoms with van der Waals surface area (Å²) >= 11 is 0. The highest BCUT2D eigenvalue weighted by molar-refractivity contribution is 7.89. The first-order chi connectivity index (χ1) is 10.0. The van der Waals surface area contributed by atoms with Crippen LogP contribution in [0, 0.1) is 5.92 Å². The molecule has 21 heavy (non-hydrogen) atoms. The molecular formula is C16H26N2O2S. The smallest absolute Gasteiger partial charge is 0.240 e. The molecule has 1 aliphatic rings. The summed E-state index contributed by atoms with van der Waals surface area (Å²) in [7, 11) is -3.38. The number of aryl methyl sites for hydroxylation is 1. The molecule has 0 aromatic heterocycles. The van der Waals surface area contributed by atoms with Crippen LogP contribution in [0.15, 0.2) is 29.2 Å². The van der Waals surface area contributed by atoms with Crippen molar-refractivity contribution in [2.75, 3.05) is 26.2 Å². The van der Waals surface area contributed by atoms with Gasteiger partial charge in [0.25, 0.3) is 0 Å². The van der Waals surface area contributed by atoms with Crippen LogP contribution >= 0.6 is 0 Å². The molecular weight excluding hydrogens is 284 g/mol. The summed E-state index contributed by atoms with van der Waals surface area (Å²) < 4.78 is 27.1. The Balaban J connectivity index is 1.85. The molecule has 0 aliphatic carbocycles. The fraction of sp³-hybridized carbons (Fsp3) is 0.625. The maximum atomic E-state index is 12.2. The Labute approximate surface area is 128 Å². The van der Waals surface area contributed by atoms with Crippen molar-refractivity contribution in [1.29, 1.82) is 0 Å². The standard InChI is InChI=1S/C16H26N2O2S/c1-3-15-6-8-16(9-7-15)21(19,20)17-10-12-18-11-4-5-14(2)13-18/h6-9,14,17H,3-5,10-13H2,1-2H3/t14-/m0/s1. The number of likely N-dealkylation sites (tertiary alicyclic amines) is 1. The lowest BCUT2D eigenvalue weighted by Gasteiger charge is -2.30. The molecule has 2 rings (SSSR count). The maximum absolute atomic E-state index is 12.2. The van der Waals surface area contributed by atoms with Crippen molar-refractivity contribution in [3.8, 4) is 0 Å². The van der Waals surface area contributed by atoms with Crippen LogP contribution in [0.25, 0.3) is 0 Å². The second kappa shape index (κ2) is 7.38. The number of rotatable bonds is 6. The van der Waals surface area contributed by atoms with E-state index in [1.54, 1.807) is 12.1 Å². The van der Waals surface area contributed by atoms with Gasteiger partial charge in [-0.05, 0) is 49.4 Å². The van der Waals surface area contributed by atoms with Crippen molar-refractivity contribution in [1.82, 2.24) is 9.62 Å². The third-order valence-electron chi connectivity index (χ3n) is 4.10. The minimum Gasteiger partial charge on any atom is -0.302 e. The van der Waals surface area contributed by atoms with Crippen LogP contribution in [-0.2, 0) is 16.4 Å². The van der Waals surface area contributed by atoms with Gasteiger partial charge in [-0.1, -0.05) is 26.0 Å². The molecule has 0 bridgehead atoms. The van der Waals surface area contributed by atoms with Gasteiger partial charge in [0.2, 0.25) is 10.0 Å². The predicted molar refractivity (Wildman–Crippen MR) is 85.8 cm³/mol. The van der Waals surface area contributed by atoms with E-state index < -0.39 is 10.0 Å². The summed E-state index contributed by atoms with van der Waals surface area (Å²) in [6.07, 6.45) is 3.42. The third-order valence-corrected chi connectivity index (χ3v) is 5.58. The number of nitrogens with zero attached hydrogens (tertiary/aromatic N) is 1. The van der Waals surface area contributed by atoms with Gasteiger partial charge in [-0.3, -0.25) is 0 Å². The molecule has 1 saturated heterocycles. The topological polar surface area (TPSA) is 49.4 Å². The summed E-state index contributed by atoms with van der Waals surface area (Å²) in [6.45, 7) is 7.73. The molecule has 0 spiro atoms. The SMILES string of the molecule is CCc1ccc(S(=O)(=O)NCCN2CCC[C@H](C)C2)cc1. The van der Waals surface area contributed by atoms with Crippen LogP contribution in [0.4, 0.5) is 0 Å². The van der Waals surface area contributed by atoms with Gasteiger partial charge < -0.3 is 4.90 Å². The normalized spacial score (nSPS) is 20.6. The number of sulfonamides is 1. The summed E-state index contributed by atoms with van der Waals surface area (Å²) in [4.78, 5) is 2.70. The molecule has 1 fully saturated rings. The fourth-order valence-electron chi connectivity index (χ4n) is 2.82. The van der Waals surface area contributed by atoms with Crippen LogP contribution < -0.4 is 4.72 Å². The van der Waals surface area contributed by atoms with E-state index in [0.29, 0.717) is 11.4 Å². The zero-order chi connectivity index (χ0) is 15.3. The molecule has 118 valence electrons. The zero-order valence-corrected chi connectivity index (χ0v) is 13.8. The minimum absolute atomic E-state index is 0.353. The second-order valence-corrected chi connectivity index (χ2v) is 7.71. The number of hydrogen-bond donors (Lipinski definition) is 1. The zero-order valence-electron chi connectivity index (χ0n) is 13.0. The Morgan fingerprint density at radius 1 is 1.29 bits per heavy atom. The van der Waals surface area contributed by atoms with E-state index in [4.69, 9.17) is 0 Å². The van der Waals surface area contributed by atoms with Gasteiger partial charge in [0.1, 0.15) is 0 Å². The van der Waals surface area contributed by atoms with Crippen molar-refractivity contribution in [3.05, 3.63) is 29.8 Å². The van der Waals surface area contributed by atoms with Crippen molar-refractivity contribution in [3.63, 3.8) is 0 Å². The number of benzene rings is 1. The molecule has 0 radical (unpaired) electrons. The Bertz CT molecular complexity index is 540. The van der Waals surface area contributed by atoms with Gasteiger partial charge in [-0.2, -0.15) is 0 Å². The Kier molecular flexibility index (Phi) is 5.79. The van der Waals surface area contributed by atoms with Crippen molar-refractivity contribution in [2.24, 2.45) is 5.92 Å². The van der Waals surface area contributed by atoms with E-state index in [-0.39, 0.29) is 0 Å². The molecule has 0 saturated carbocycles. The first-order valence-electron chi connectivity index (χ1n) is 7.82. The van der Waals surface area contributed by atoms with Crippen LogP contribution in [0.5, 0.6) is 0 Å². The molecule has 0 amide bonds. The molecule has 1 aromatic rings. The molecule has 1 aromatic carbocycles. The monoisotopic (exact) mass is 310 g/mol. The number of hydrogen-bond acceptors (Lipinski definition) is 3. The first kappa shape index (κ1) is 16.5. The lowest BCUT2D eigenvalue weighted by atomic mass is 10.0. The van der Waals surface area contributed by atoms with E-state index in [0.717, 1.165) is 37.5 Å². The average molecular weight is 310 g/mol. The fourth-order valence-corrected chi connectivity index (χ4v) is 3.84. The van der Waals surface area contributed by atoms with Gasteiger partial charge in [0, 0.05) is 19.6 Å². The lowest BCUT2D eigenvalue weighted by molar-refractivity contribution is 0.187. The van der Waals surface area contributed by atoms with E-state index >= 15 is 0 Å². The number of piperidine rings is 1. The second-order valence-electron chi connectivity index (χ2n) is 5.94. The molecule has 1 heterocycles. The van der Waals surface area contributed by atoms with Gasteiger partial charge >= 0.3 is 0 Å². The Morgan fingerprint density at radius 3 is 2.62 bits per heavy atom. The van der Waals surface area contributed by atoms with Gasteiger partial charge in [0.15, 0.2) is 0 Å². The van der Waals surface area contributed by atoms with Crippen molar-refractivity contribution >= 4 is 10.0 Å². The van der Waals surface area contributed by atoms with Gasteiger partial charge in [-0.25, -0.2) is 13.1 Å². The average Bonchev–Trinajstić information content (AvgIpc) is 2.47. The highest BCUT2D eigenvalue weighted by atomic mass is 32.2. The predicted octanol–water partition coefficient (Wildman–Crippen LogP) is 2.26. The van der Waals surface area contributed by atoms with Crippen LogP contribution in [0.3, 0.4) is 0 Å². The quantitative estimate of drug-likeness (QED) is 0.877. The summed E-state index contributed by atoms with van der Waals surface area (Å²) in [5.41, 5.74) is 1.15. The molecule has 5 heteroatoms. The van der Waals surface area contributed by atoms with E-state index in [2.05, 4.69) is 23.5 Å². The van der Waals surface area contributed by atoms with E-state index in [9.17, 15) is 8.42 Å². The molecule has 1 N–H and O–H groups in total. The Morgan fingerprint density at radius 2 is 2.00 bits per heavy atom. The van der Waals surface area contributed by atoms with Crippen LogP contribution in [-0.4, -0.2) is 39.5 Å². The summed E-state index contributed by atoms with van der Waals surface area (Å²) in [5, 5.41) is 0. The maximum Gasteiger partial charge on any atom is 0.240 e. The lowest BCUT2D eigenvalue weighted by Crippen LogP contribution is -2.40. The van der Waals surface area contributed by atoms with E-state index in [1.807, 2.05) is 12.1 Å². The van der Waals surface area contributed by atoms with Crippen LogP contribution in [0.1, 0.15) is 32.3 Å². The molecule has 0 unspecified atom stereocenters. The minimum atomic E-state index is -3.38. The third kappa shape index (κ3) is 4.80. The van der Waals surface area contributed by atoms with E-state index in [1.165, 1.54) is 12.8 Å². The molecule has 1 aliphatic heterocycles. The summed E-state index contributed by atoms with van der Waals surface area (Å²) in [5.74, 6) is 0.719.